The third-order valence-electron chi connectivity index (χ3n) is 6.75. The second-order valence-electron chi connectivity index (χ2n) is 8.23. The van der Waals surface area contributed by atoms with Crippen LogP contribution in [0.1, 0.15) is 51.4 Å². The normalized spacial score (nSPS) is 48.9. The van der Waals surface area contributed by atoms with Gasteiger partial charge in [0, 0.05) is 12.1 Å². The second-order valence-corrected chi connectivity index (χ2v) is 8.23. The number of hydrogen-bond donors (Lipinski definition) is 1. The summed E-state index contributed by atoms with van der Waals surface area (Å²) in [6.07, 6.45) is 12.1. The Morgan fingerprint density at radius 2 is 1.68 bits per heavy atom. The summed E-state index contributed by atoms with van der Waals surface area (Å²) in [6.45, 7) is 3.85. The van der Waals surface area contributed by atoms with Crippen LogP contribution in [0.5, 0.6) is 0 Å². The number of hydrogen-bond acceptors (Lipinski definition) is 2. The summed E-state index contributed by atoms with van der Waals surface area (Å²) in [7, 11) is 2.45. The third-order valence-corrected chi connectivity index (χ3v) is 6.75. The van der Waals surface area contributed by atoms with Crippen LogP contribution in [0.15, 0.2) is 0 Å². The fourth-order valence-corrected chi connectivity index (χ4v) is 6.19. The van der Waals surface area contributed by atoms with Crippen LogP contribution in [-0.2, 0) is 0 Å². The average Bonchev–Trinajstić information content (AvgIpc) is 2.38. The Kier molecular flexibility index (Phi) is 3.15. The van der Waals surface area contributed by atoms with Gasteiger partial charge in [-0.05, 0) is 95.2 Å². The molecular formula is C17H30N2. The first-order valence-corrected chi connectivity index (χ1v) is 8.65. The van der Waals surface area contributed by atoms with Crippen molar-refractivity contribution in [1.29, 1.82) is 0 Å². The molecule has 5 aliphatic rings. The van der Waals surface area contributed by atoms with E-state index in [2.05, 4.69) is 17.3 Å². The van der Waals surface area contributed by atoms with E-state index in [1.54, 1.807) is 19.3 Å². The lowest BCUT2D eigenvalue weighted by Crippen LogP contribution is -2.60. The molecule has 19 heavy (non-hydrogen) atoms. The summed E-state index contributed by atoms with van der Waals surface area (Å²) in [5.41, 5.74) is 0.617. The molecule has 1 saturated heterocycles. The molecule has 1 aliphatic heterocycles. The lowest BCUT2D eigenvalue weighted by molar-refractivity contribution is -0.0838. The van der Waals surface area contributed by atoms with E-state index < -0.39 is 0 Å². The molecule has 1 atom stereocenters. The van der Waals surface area contributed by atoms with Crippen molar-refractivity contribution >= 4 is 0 Å². The highest BCUT2D eigenvalue weighted by Gasteiger charge is 2.52. The minimum Gasteiger partial charge on any atom is -0.316 e. The van der Waals surface area contributed by atoms with Gasteiger partial charge in [0.2, 0.25) is 0 Å². The minimum absolute atomic E-state index is 0.617. The maximum Gasteiger partial charge on any atom is 0.0214 e. The highest BCUT2D eigenvalue weighted by Crippen LogP contribution is 2.57. The van der Waals surface area contributed by atoms with Crippen molar-refractivity contribution in [3.8, 4) is 0 Å². The van der Waals surface area contributed by atoms with Gasteiger partial charge in [0.1, 0.15) is 0 Å². The van der Waals surface area contributed by atoms with Gasteiger partial charge in [0.15, 0.2) is 0 Å². The maximum absolute atomic E-state index is 3.59. The Bertz CT molecular complexity index is 297. The van der Waals surface area contributed by atoms with E-state index >= 15 is 0 Å². The van der Waals surface area contributed by atoms with Crippen molar-refractivity contribution in [2.75, 3.05) is 26.7 Å². The summed E-state index contributed by atoms with van der Waals surface area (Å²) in [6, 6.07) is 0. The average molecular weight is 262 g/mol. The van der Waals surface area contributed by atoms with Crippen LogP contribution in [0, 0.1) is 23.7 Å². The Morgan fingerprint density at radius 1 is 1.05 bits per heavy atom. The SMILES string of the molecule is CN(CC1CCCNC1)C12CC3CC(CC(C3)C1)C2. The lowest BCUT2D eigenvalue weighted by Gasteiger charge is -2.60. The topological polar surface area (TPSA) is 15.3 Å². The molecule has 0 aromatic rings. The molecule has 2 heteroatoms. The first-order chi connectivity index (χ1) is 9.23. The highest BCUT2D eigenvalue weighted by molar-refractivity contribution is 5.07. The zero-order valence-electron chi connectivity index (χ0n) is 12.5. The molecule has 0 radical (unpaired) electrons. The van der Waals surface area contributed by atoms with Gasteiger partial charge in [-0.3, -0.25) is 0 Å². The van der Waals surface area contributed by atoms with Gasteiger partial charge in [-0.2, -0.15) is 0 Å². The summed E-state index contributed by atoms with van der Waals surface area (Å²) in [5.74, 6) is 4.15. The maximum atomic E-state index is 3.59. The first kappa shape index (κ1) is 12.6. The van der Waals surface area contributed by atoms with Crippen LogP contribution in [0.4, 0.5) is 0 Å². The molecule has 4 saturated carbocycles. The van der Waals surface area contributed by atoms with Crippen LogP contribution in [0.2, 0.25) is 0 Å². The molecule has 0 spiro atoms. The molecule has 0 aromatic carbocycles. The van der Waals surface area contributed by atoms with E-state index in [9.17, 15) is 0 Å². The predicted octanol–water partition coefficient (Wildman–Crippen LogP) is 2.89. The predicted molar refractivity (Wildman–Crippen MR) is 79.1 cm³/mol. The van der Waals surface area contributed by atoms with E-state index in [1.165, 1.54) is 51.7 Å². The van der Waals surface area contributed by atoms with Crippen molar-refractivity contribution in [2.24, 2.45) is 23.7 Å². The molecule has 2 nitrogen and oxygen atoms in total. The molecule has 5 fully saturated rings. The largest absolute Gasteiger partial charge is 0.316 e. The number of nitrogens with zero attached hydrogens (tertiary/aromatic N) is 1. The molecule has 0 amide bonds. The molecule has 4 aliphatic carbocycles. The van der Waals surface area contributed by atoms with Gasteiger partial charge in [0.05, 0.1) is 0 Å². The van der Waals surface area contributed by atoms with Crippen molar-refractivity contribution < 1.29 is 0 Å². The van der Waals surface area contributed by atoms with E-state index in [0.717, 1.165) is 23.7 Å². The molecule has 1 unspecified atom stereocenters. The molecule has 1 heterocycles. The molecule has 5 rings (SSSR count). The van der Waals surface area contributed by atoms with Crippen molar-refractivity contribution in [1.82, 2.24) is 10.2 Å². The van der Waals surface area contributed by atoms with E-state index in [-0.39, 0.29) is 0 Å². The van der Waals surface area contributed by atoms with Crippen LogP contribution in [-0.4, -0.2) is 37.1 Å². The molecule has 1 N–H and O–H groups in total. The lowest BCUT2D eigenvalue weighted by atomic mass is 9.52. The Labute approximate surface area is 118 Å². The monoisotopic (exact) mass is 262 g/mol. The van der Waals surface area contributed by atoms with Gasteiger partial charge in [-0.1, -0.05) is 0 Å². The summed E-state index contributed by atoms with van der Waals surface area (Å²) >= 11 is 0. The highest BCUT2D eigenvalue weighted by atomic mass is 15.2. The second kappa shape index (κ2) is 4.73. The summed E-state index contributed by atoms with van der Waals surface area (Å²) in [4.78, 5) is 2.81. The van der Waals surface area contributed by atoms with Crippen LogP contribution in [0.3, 0.4) is 0 Å². The minimum atomic E-state index is 0.617. The van der Waals surface area contributed by atoms with Crippen LogP contribution < -0.4 is 5.32 Å². The van der Waals surface area contributed by atoms with Crippen molar-refractivity contribution in [3.63, 3.8) is 0 Å². The van der Waals surface area contributed by atoms with Gasteiger partial charge in [-0.25, -0.2) is 0 Å². The first-order valence-electron chi connectivity index (χ1n) is 8.65. The summed E-state index contributed by atoms with van der Waals surface area (Å²) in [5, 5.41) is 3.59. The zero-order valence-corrected chi connectivity index (χ0v) is 12.5. The third kappa shape index (κ3) is 2.25. The molecule has 4 bridgehead atoms. The molecular weight excluding hydrogens is 232 g/mol. The Morgan fingerprint density at radius 3 is 2.21 bits per heavy atom. The fourth-order valence-electron chi connectivity index (χ4n) is 6.19. The van der Waals surface area contributed by atoms with Crippen LogP contribution >= 0.6 is 0 Å². The van der Waals surface area contributed by atoms with Gasteiger partial charge in [-0.15, -0.1) is 0 Å². The number of piperidine rings is 1. The summed E-state index contributed by atoms with van der Waals surface area (Å²) < 4.78 is 0. The smallest absolute Gasteiger partial charge is 0.0214 e. The van der Waals surface area contributed by atoms with Crippen LogP contribution in [0.25, 0.3) is 0 Å². The van der Waals surface area contributed by atoms with Crippen molar-refractivity contribution in [3.05, 3.63) is 0 Å². The Balaban J connectivity index is 1.45. The van der Waals surface area contributed by atoms with Crippen molar-refractivity contribution in [2.45, 2.75) is 56.9 Å². The zero-order chi connectivity index (χ0) is 12.9. The van der Waals surface area contributed by atoms with Gasteiger partial charge >= 0.3 is 0 Å². The van der Waals surface area contributed by atoms with E-state index in [4.69, 9.17) is 0 Å². The number of rotatable bonds is 3. The fraction of sp³-hybridized carbons (Fsp3) is 1.00. The standard InChI is InChI=1S/C17H30N2/c1-19(12-13-3-2-4-18-11-13)17-8-14-5-15(9-17)7-16(6-14)10-17/h13-16,18H,2-12H2,1H3. The molecule has 0 aromatic heterocycles. The van der Waals surface area contributed by atoms with E-state index in [0.29, 0.717) is 5.54 Å². The van der Waals surface area contributed by atoms with Gasteiger partial charge in [0.25, 0.3) is 0 Å². The van der Waals surface area contributed by atoms with Gasteiger partial charge < -0.3 is 10.2 Å². The molecule has 108 valence electrons. The number of nitrogens with one attached hydrogen (secondary N) is 1. The quantitative estimate of drug-likeness (QED) is 0.841. The van der Waals surface area contributed by atoms with E-state index in [1.807, 2.05) is 0 Å². The Hall–Kier alpha value is -0.0800.